The van der Waals surface area contributed by atoms with E-state index in [1.807, 2.05) is 30.3 Å². The lowest BCUT2D eigenvalue weighted by Crippen LogP contribution is -2.54. The molecule has 1 N–H and O–H groups in total. The summed E-state index contributed by atoms with van der Waals surface area (Å²) in [5, 5.41) is 2.53. The van der Waals surface area contributed by atoms with Crippen LogP contribution < -0.4 is 23.9 Å². The van der Waals surface area contributed by atoms with Gasteiger partial charge in [0.1, 0.15) is 22.8 Å². The zero-order chi connectivity index (χ0) is 30.6. The van der Waals surface area contributed by atoms with Crippen LogP contribution in [0.4, 0.5) is 10.5 Å². The summed E-state index contributed by atoms with van der Waals surface area (Å²) in [6, 6.07) is 24.5. The molecule has 0 spiro atoms. The van der Waals surface area contributed by atoms with Crippen molar-refractivity contribution in [1.82, 2.24) is 5.32 Å². The molecule has 1 fully saturated rings. The van der Waals surface area contributed by atoms with Gasteiger partial charge in [-0.2, -0.15) is 8.42 Å². The number of ether oxygens (including phenoxy) is 2. The van der Waals surface area contributed by atoms with Crippen molar-refractivity contribution in [3.63, 3.8) is 0 Å². The van der Waals surface area contributed by atoms with Gasteiger partial charge in [-0.3, -0.25) is 14.9 Å². The highest BCUT2D eigenvalue weighted by Crippen LogP contribution is 2.32. The molecule has 4 aromatic rings. The van der Waals surface area contributed by atoms with Gasteiger partial charge in [-0.1, -0.05) is 48.0 Å². The number of urea groups is 1. The molecule has 0 bridgehead atoms. The van der Waals surface area contributed by atoms with Crippen molar-refractivity contribution in [3.8, 4) is 17.2 Å². The van der Waals surface area contributed by atoms with E-state index in [9.17, 15) is 22.8 Å². The van der Waals surface area contributed by atoms with Crippen LogP contribution in [0.3, 0.4) is 0 Å². The summed E-state index contributed by atoms with van der Waals surface area (Å²) < 4.78 is 41.7. The molecule has 12 heteroatoms. The molecule has 0 atom stereocenters. The highest BCUT2D eigenvalue weighted by atomic mass is 35.5. The highest BCUT2D eigenvalue weighted by Gasteiger charge is 2.37. The van der Waals surface area contributed by atoms with Gasteiger partial charge in [-0.25, -0.2) is 9.69 Å². The lowest BCUT2D eigenvalue weighted by Gasteiger charge is -2.26. The SMILES string of the molecule is COc1cc(/C=C2\C(=O)NC(=O)N(c3ccc(OCc4ccccc4)cc3)C2=O)ccc1OS(=O)(=O)c1ccc(Cl)cc1. The first-order valence-corrected chi connectivity index (χ1v) is 14.5. The van der Waals surface area contributed by atoms with E-state index in [-0.39, 0.29) is 27.7 Å². The number of imide groups is 2. The fourth-order valence-corrected chi connectivity index (χ4v) is 5.17. The third-order valence-corrected chi connectivity index (χ3v) is 7.75. The van der Waals surface area contributed by atoms with Gasteiger partial charge in [-0.05, 0) is 77.9 Å². The van der Waals surface area contributed by atoms with Crippen LogP contribution in [0.2, 0.25) is 5.02 Å². The quantitative estimate of drug-likeness (QED) is 0.151. The lowest BCUT2D eigenvalue weighted by molar-refractivity contribution is -0.122. The van der Waals surface area contributed by atoms with Crippen molar-refractivity contribution >= 4 is 51.3 Å². The van der Waals surface area contributed by atoms with Crippen LogP contribution in [0.1, 0.15) is 11.1 Å². The third kappa shape index (κ3) is 6.69. The standard InChI is InChI=1S/C31H23ClN2O8S/c1-40-28-18-21(7-16-27(28)42-43(38,39)25-14-8-22(32)9-15-25)17-26-29(35)33-31(37)34(30(26)36)23-10-12-24(13-11-23)41-19-20-5-3-2-4-6-20/h2-18H,19H2,1H3,(H,33,35,37)/b26-17+. The maximum atomic E-state index is 13.3. The van der Waals surface area contributed by atoms with E-state index in [0.717, 1.165) is 10.5 Å². The Bertz CT molecular complexity index is 1820. The van der Waals surface area contributed by atoms with Gasteiger partial charge >= 0.3 is 16.1 Å². The second kappa shape index (κ2) is 12.4. The largest absolute Gasteiger partial charge is 0.493 e. The Hall–Kier alpha value is -5.13. The Morgan fingerprint density at radius 1 is 0.860 bits per heavy atom. The zero-order valence-corrected chi connectivity index (χ0v) is 24.1. The Balaban J connectivity index is 1.35. The molecule has 1 aliphatic rings. The van der Waals surface area contributed by atoms with Gasteiger partial charge < -0.3 is 13.7 Å². The van der Waals surface area contributed by atoms with Gasteiger partial charge in [0.25, 0.3) is 11.8 Å². The molecule has 0 radical (unpaired) electrons. The van der Waals surface area contributed by atoms with E-state index in [0.29, 0.717) is 22.9 Å². The number of methoxy groups -OCH3 is 1. The number of carbonyl (C=O) groups excluding carboxylic acids is 3. The summed E-state index contributed by atoms with van der Waals surface area (Å²) in [6.07, 6.45) is 1.26. The van der Waals surface area contributed by atoms with E-state index < -0.39 is 28.0 Å². The maximum Gasteiger partial charge on any atom is 0.339 e. The summed E-state index contributed by atoms with van der Waals surface area (Å²) in [6.45, 7) is 0.338. The first-order valence-electron chi connectivity index (χ1n) is 12.7. The second-order valence-corrected chi connectivity index (χ2v) is 11.1. The number of halogens is 1. The van der Waals surface area contributed by atoms with E-state index in [1.54, 1.807) is 12.1 Å². The van der Waals surface area contributed by atoms with Crippen molar-refractivity contribution in [2.24, 2.45) is 0 Å². The Labute approximate surface area is 252 Å². The predicted molar refractivity (Wildman–Crippen MR) is 158 cm³/mol. The first-order chi connectivity index (χ1) is 20.6. The number of hydrogen-bond acceptors (Lipinski definition) is 8. The van der Waals surface area contributed by atoms with Crippen LogP contribution >= 0.6 is 11.6 Å². The van der Waals surface area contributed by atoms with Crippen LogP contribution in [-0.2, 0) is 26.3 Å². The molecule has 0 unspecified atom stereocenters. The van der Waals surface area contributed by atoms with Crippen molar-refractivity contribution in [3.05, 3.63) is 119 Å². The van der Waals surface area contributed by atoms with Crippen molar-refractivity contribution in [2.75, 3.05) is 12.0 Å². The first kappa shape index (κ1) is 29.4. The molecular weight excluding hydrogens is 596 g/mol. The molecule has 218 valence electrons. The number of anilines is 1. The van der Waals surface area contributed by atoms with Gasteiger partial charge in [0.2, 0.25) is 0 Å². The highest BCUT2D eigenvalue weighted by molar-refractivity contribution is 7.87. The minimum Gasteiger partial charge on any atom is -0.493 e. The number of hydrogen-bond donors (Lipinski definition) is 1. The normalized spacial score (nSPS) is 14.4. The summed E-state index contributed by atoms with van der Waals surface area (Å²) in [7, 11) is -2.91. The maximum absolute atomic E-state index is 13.3. The summed E-state index contributed by atoms with van der Waals surface area (Å²) in [5.41, 5.74) is 1.19. The minimum absolute atomic E-state index is 0.0228. The molecule has 0 aromatic heterocycles. The fourth-order valence-electron chi connectivity index (χ4n) is 4.10. The monoisotopic (exact) mass is 618 g/mol. The average molecular weight is 619 g/mol. The van der Waals surface area contributed by atoms with E-state index in [2.05, 4.69) is 5.32 Å². The number of barbiturate groups is 1. The predicted octanol–water partition coefficient (Wildman–Crippen LogP) is 5.36. The molecule has 4 aromatic carbocycles. The Morgan fingerprint density at radius 2 is 1.56 bits per heavy atom. The van der Waals surface area contributed by atoms with Crippen LogP contribution in [-0.4, -0.2) is 33.4 Å². The molecule has 10 nitrogen and oxygen atoms in total. The minimum atomic E-state index is -4.21. The molecule has 4 amide bonds. The van der Waals surface area contributed by atoms with E-state index in [1.165, 1.54) is 67.8 Å². The van der Waals surface area contributed by atoms with Crippen molar-refractivity contribution < 1.29 is 36.5 Å². The zero-order valence-electron chi connectivity index (χ0n) is 22.5. The number of rotatable bonds is 9. The number of amides is 4. The molecule has 1 heterocycles. The smallest absolute Gasteiger partial charge is 0.339 e. The van der Waals surface area contributed by atoms with Crippen molar-refractivity contribution in [2.45, 2.75) is 11.5 Å². The topological polar surface area (TPSA) is 128 Å². The van der Waals surface area contributed by atoms with E-state index >= 15 is 0 Å². The summed E-state index contributed by atoms with van der Waals surface area (Å²) in [4.78, 5) is 39.3. The number of benzene rings is 4. The van der Waals surface area contributed by atoms with Crippen molar-refractivity contribution in [1.29, 1.82) is 0 Å². The molecule has 0 saturated carbocycles. The Kier molecular flexibility index (Phi) is 8.46. The third-order valence-electron chi connectivity index (χ3n) is 6.25. The molecule has 5 rings (SSSR count). The molecule has 1 aliphatic heterocycles. The van der Waals surface area contributed by atoms with Crippen LogP contribution in [0.25, 0.3) is 6.08 Å². The van der Waals surface area contributed by atoms with Gasteiger partial charge in [0, 0.05) is 5.02 Å². The molecule has 1 saturated heterocycles. The number of nitrogens with zero attached hydrogens (tertiary/aromatic N) is 1. The molecule has 0 aliphatic carbocycles. The lowest BCUT2D eigenvalue weighted by atomic mass is 10.1. The summed E-state index contributed by atoms with van der Waals surface area (Å²) in [5.74, 6) is -1.31. The van der Waals surface area contributed by atoms with Crippen LogP contribution in [0.15, 0.2) is 108 Å². The van der Waals surface area contributed by atoms with Gasteiger partial charge in [0.15, 0.2) is 11.5 Å². The summed E-state index contributed by atoms with van der Waals surface area (Å²) >= 11 is 5.84. The second-order valence-electron chi connectivity index (χ2n) is 9.13. The van der Waals surface area contributed by atoms with Crippen LogP contribution in [0, 0.1) is 0 Å². The Morgan fingerprint density at radius 3 is 2.23 bits per heavy atom. The fraction of sp³-hybridized carbons (Fsp3) is 0.0645. The molecule has 43 heavy (non-hydrogen) atoms. The average Bonchev–Trinajstić information content (AvgIpc) is 3.00. The molecular formula is C31H23ClN2O8S. The van der Waals surface area contributed by atoms with Gasteiger partial charge in [-0.15, -0.1) is 0 Å². The number of carbonyl (C=O) groups is 3. The number of nitrogens with one attached hydrogen (secondary N) is 1. The van der Waals surface area contributed by atoms with Gasteiger partial charge in [0.05, 0.1) is 12.8 Å². The van der Waals surface area contributed by atoms with E-state index in [4.69, 9.17) is 25.3 Å². The van der Waals surface area contributed by atoms with Crippen LogP contribution in [0.5, 0.6) is 17.2 Å².